The quantitative estimate of drug-likeness (QED) is 0.749. The third-order valence-electron chi connectivity index (χ3n) is 3.68. The van der Waals surface area contributed by atoms with E-state index in [-0.39, 0.29) is 12.4 Å². The number of rotatable bonds is 3. The molecule has 0 radical (unpaired) electrons. The normalized spacial score (nSPS) is 13.0. The molecule has 4 rings (SSSR count). The largest absolute Gasteiger partial charge is 1.00 e. The SMILES string of the molecule is [Cl-].c1cncc(CNc2ncnc3sc4c(c23)CCC4)c1. The van der Waals surface area contributed by atoms with Gasteiger partial charge in [0.25, 0.3) is 0 Å². The van der Waals surface area contributed by atoms with E-state index in [1.807, 2.05) is 23.6 Å². The standard InChI is InChI=1S/C15H14N4S.ClH/c1-4-11-12(5-1)20-15-13(11)14(18-9-19-15)17-8-10-3-2-6-16-7-10;/h2-3,6-7,9H,1,4-5,8H2,(H,17,18,19);1H/p-1. The van der Waals surface area contributed by atoms with Gasteiger partial charge in [-0.2, -0.15) is 0 Å². The highest BCUT2D eigenvalue weighted by Gasteiger charge is 2.20. The maximum absolute atomic E-state index is 4.44. The van der Waals surface area contributed by atoms with Crippen molar-refractivity contribution in [1.82, 2.24) is 15.0 Å². The van der Waals surface area contributed by atoms with Crippen molar-refractivity contribution in [1.29, 1.82) is 0 Å². The van der Waals surface area contributed by atoms with E-state index in [2.05, 4.69) is 26.3 Å². The highest BCUT2D eigenvalue weighted by molar-refractivity contribution is 7.19. The Hall–Kier alpha value is -1.72. The fourth-order valence-corrected chi connectivity index (χ4v) is 3.98. The minimum atomic E-state index is 0. The van der Waals surface area contributed by atoms with Crippen LogP contribution in [0.2, 0.25) is 0 Å². The van der Waals surface area contributed by atoms with E-state index < -0.39 is 0 Å². The van der Waals surface area contributed by atoms with Crippen LogP contribution in [0.5, 0.6) is 0 Å². The summed E-state index contributed by atoms with van der Waals surface area (Å²) >= 11 is 1.82. The Labute approximate surface area is 133 Å². The molecule has 6 heteroatoms. The second-order valence-electron chi connectivity index (χ2n) is 4.97. The van der Waals surface area contributed by atoms with Crippen LogP contribution in [0.1, 0.15) is 22.4 Å². The van der Waals surface area contributed by atoms with Crippen LogP contribution >= 0.6 is 11.3 Å². The summed E-state index contributed by atoms with van der Waals surface area (Å²) in [5.74, 6) is 0.957. The van der Waals surface area contributed by atoms with Crippen molar-refractivity contribution in [3.8, 4) is 0 Å². The smallest absolute Gasteiger partial charge is 0.138 e. The second-order valence-corrected chi connectivity index (χ2v) is 6.06. The molecular formula is C15H14ClN4S-. The summed E-state index contributed by atoms with van der Waals surface area (Å²) in [6.07, 6.45) is 8.93. The summed E-state index contributed by atoms with van der Waals surface area (Å²) in [5.41, 5.74) is 2.62. The van der Waals surface area contributed by atoms with Crippen molar-refractivity contribution in [2.75, 3.05) is 5.32 Å². The monoisotopic (exact) mass is 317 g/mol. The van der Waals surface area contributed by atoms with E-state index in [0.29, 0.717) is 0 Å². The molecule has 21 heavy (non-hydrogen) atoms. The Bertz CT molecular complexity index is 757. The minimum absolute atomic E-state index is 0. The van der Waals surface area contributed by atoms with Crippen molar-refractivity contribution >= 4 is 27.4 Å². The minimum Gasteiger partial charge on any atom is -1.00 e. The number of hydrogen-bond acceptors (Lipinski definition) is 5. The number of aromatic nitrogens is 3. The number of fused-ring (bicyclic) bond motifs is 3. The molecule has 0 amide bonds. The number of nitrogens with zero attached hydrogens (tertiary/aromatic N) is 3. The predicted molar refractivity (Wildman–Crippen MR) is 81.0 cm³/mol. The van der Waals surface area contributed by atoms with Crippen molar-refractivity contribution in [2.24, 2.45) is 0 Å². The molecule has 3 aromatic heterocycles. The molecule has 0 saturated carbocycles. The van der Waals surface area contributed by atoms with Crippen molar-refractivity contribution in [2.45, 2.75) is 25.8 Å². The highest BCUT2D eigenvalue weighted by Crippen LogP contribution is 2.39. The van der Waals surface area contributed by atoms with Gasteiger partial charge in [-0.25, -0.2) is 9.97 Å². The first-order valence-electron chi connectivity index (χ1n) is 6.80. The molecule has 4 nitrogen and oxygen atoms in total. The number of hydrogen-bond donors (Lipinski definition) is 1. The average Bonchev–Trinajstić information content (AvgIpc) is 3.06. The van der Waals surface area contributed by atoms with Gasteiger partial charge in [-0.3, -0.25) is 4.98 Å². The summed E-state index contributed by atoms with van der Waals surface area (Å²) < 4.78 is 0. The van der Waals surface area contributed by atoms with Crippen molar-refractivity contribution < 1.29 is 12.4 Å². The molecule has 1 aliphatic rings. The molecule has 1 aliphatic carbocycles. The van der Waals surface area contributed by atoms with Crippen LogP contribution in [0, 0.1) is 0 Å². The Morgan fingerprint density at radius 2 is 2.19 bits per heavy atom. The van der Waals surface area contributed by atoms with E-state index in [4.69, 9.17) is 0 Å². The number of pyridine rings is 1. The van der Waals surface area contributed by atoms with Crippen LogP contribution < -0.4 is 17.7 Å². The highest BCUT2D eigenvalue weighted by atomic mass is 35.5. The Morgan fingerprint density at radius 1 is 1.24 bits per heavy atom. The van der Waals surface area contributed by atoms with Crippen LogP contribution in [0.4, 0.5) is 5.82 Å². The molecular weight excluding hydrogens is 304 g/mol. The van der Waals surface area contributed by atoms with Gasteiger partial charge >= 0.3 is 0 Å². The molecule has 0 aliphatic heterocycles. The molecule has 0 spiro atoms. The summed E-state index contributed by atoms with van der Waals surface area (Å²) in [6.45, 7) is 0.741. The predicted octanol–water partition coefficient (Wildman–Crippen LogP) is 0.191. The summed E-state index contributed by atoms with van der Waals surface area (Å²) in [4.78, 5) is 15.6. The first kappa shape index (κ1) is 14.2. The van der Waals surface area contributed by atoms with Gasteiger partial charge in [0, 0.05) is 23.8 Å². The fraction of sp³-hybridized carbons (Fsp3) is 0.267. The van der Waals surface area contributed by atoms with Crippen LogP contribution in [-0.2, 0) is 19.4 Å². The number of halogens is 1. The van der Waals surface area contributed by atoms with Crippen molar-refractivity contribution in [3.05, 3.63) is 46.9 Å². The van der Waals surface area contributed by atoms with Crippen molar-refractivity contribution in [3.63, 3.8) is 0 Å². The van der Waals surface area contributed by atoms with Gasteiger partial charge in [-0.05, 0) is 36.5 Å². The van der Waals surface area contributed by atoms with E-state index in [0.717, 1.165) is 29.2 Å². The molecule has 0 saturated heterocycles. The van der Waals surface area contributed by atoms with Crippen LogP contribution in [-0.4, -0.2) is 15.0 Å². The lowest BCUT2D eigenvalue weighted by Gasteiger charge is -2.07. The lowest BCUT2D eigenvalue weighted by Crippen LogP contribution is -3.00. The third-order valence-corrected chi connectivity index (χ3v) is 4.88. The lowest BCUT2D eigenvalue weighted by atomic mass is 10.2. The molecule has 3 heterocycles. The van der Waals surface area contributed by atoms with E-state index in [9.17, 15) is 0 Å². The van der Waals surface area contributed by atoms with Gasteiger partial charge in [0.05, 0.1) is 5.39 Å². The van der Waals surface area contributed by atoms with Gasteiger partial charge in [-0.15, -0.1) is 11.3 Å². The first-order chi connectivity index (χ1) is 9.92. The third kappa shape index (κ3) is 2.59. The molecule has 0 aromatic carbocycles. The molecule has 1 N–H and O–H groups in total. The number of aryl methyl sites for hydroxylation is 2. The first-order valence-corrected chi connectivity index (χ1v) is 7.61. The molecule has 0 atom stereocenters. The van der Waals surface area contributed by atoms with Gasteiger partial charge in [-0.1, -0.05) is 6.07 Å². The van der Waals surface area contributed by atoms with Crippen LogP contribution in [0.25, 0.3) is 10.2 Å². The molecule has 0 unspecified atom stereocenters. The summed E-state index contributed by atoms with van der Waals surface area (Å²) in [7, 11) is 0. The Balaban J connectivity index is 0.00000132. The van der Waals surface area contributed by atoms with Crippen LogP contribution in [0.3, 0.4) is 0 Å². The molecule has 108 valence electrons. The van der Waals surface area contributed by atoms with Gasteiger partial charge < -0.3 is 17.7 Å². The zero-order valence-corrected chi connectivity index (χ0v) is 12.9. The maximum atomic E-state index is 4.44. The number of thiophene rings is 1. The van der Waals surface area contributed by atoms with Gasteiger partial charge in [0.1, 0.15) is 17.0 Å². The Kier molecular flexibility index (Phi) is 4.03. The molecule has 3 aromatic rings. The van der Waals surface area contributed by atoms with E-state index in [1.54, 1.807) is 12.5 Å². The zero-order valence-electron chi connectivity index (χ0n) is 11.3. The van der Waals surface area contributed by atoms with Gasteiger partial charge in [0.15, 0.2) is 0 Å². The summed E-state index contributed by atoms with van der Waals surface area (Å²) in [5, 5.41) is 4.67. The zero-order chi connectivity index (χ0) is 13.4. The van der Waals surface area contributed by atoms with Crippen LogP contribution in [0.15, 0.2) is 30.9 Å². The second kappa shape index (κ2) is 5.95. The number of anilines is 1. The maximum Gasteiger partial charge on any atom is 0.138 e. The Morgan fingerprint density at radius 3 is 3.05 bits per heavy atom. The topological polar surface area (TPSA) is 50.7 Å². The molecule has 0 fully saturated rings. The summed E-state index contributed by atoms with van der Waals surface area (Å²) in [6, 6.07) is 4.02. The average molecular weight is 318 g/mol. The van der Waals surface area contributed by atoms with E-state index >= 15 is 0 Å². The fourth-order valence-electron chi connectivity index (χ4n) is 2.75. The lowest BCUT2D eigenvalue weighted by molar-refractivity contribution is -0.00000405. The van der Waals surface area contributed by atoms with Gasteiger partial charge in [0.2, 0.25) is 0 Å². The number of nitrogens with one attached hydrogen (secondary N) is 1. The van der Waals surface area contributed by atoms with E-state index in [1.165, 1.54) is 28.7 Å². The molecule has 0 bridgehead atoms.